The van der Waals surface area contributed by atoms with E-state index in [1.165, 1.54) is 11.8 Å². The van der Waals surface area contributed by atoms with E-state index < -0.39 is 0 Å². The number of rotatable bonds is 8. The Labute approximate surface area is 199 Å². The summed E-state index contributed by atoms with van der Waals surface area (Å²) in [5, 5.41) is 2.84. The van der Waals surface area contributed by atoms with Crippen LogP contribution in [0.15, 0.2) is 51.8 Å². The van der Waals surface area contributed by atoms with Crippen LogP contribution < -0.4 is 14.8 Å². The zero-order valence-corrected chi connectivity index (χ0v) is 20.2. The second-order valence-electron chi connectivity index (χ2n) is 6.61. The highest BCUT2D eigenvalue weighted by Crippen LogP contribution is 2.34. The molecule has 9 heteroatoms. The lowest BCUT2D eigenvalue weighted by Gasteiger charge is -2.14. The lowest BCUT2D eigenvalue weighted by molar-refractivity contribution is -0.122. The zero-order valence-electron chi connectivity index (χ0n) is 17.0. The molecule has 0 aliphatic carbocycles. The number of nitrogens with zero attached hydrogens (tertiary/aromatic N) is 1. The van der Waals surface area contributed by atoms with E-state index in [1.54, 1.807) is 37.3 Å². The van der Waals surface area contributed by atoms with Crippen LogP contribution in [0.4, 0.5) is 5.69 Å². The second-order valence-corrected chi connectivity index (χ2v) is 9.20. The molecule has 1 aliphatic rings. The summed E-state index contributed by atoms with van der Waals surface area (Å²) in [6, 6.07) is 12.8. The fraction of sp³-hybridized carbons (Fsp3) is 0.227. The van der Waals surface area contributed by atoms with Gasteiger partial charge in [0.05, 0.1) is 19.1 Å². The van der Waals surface area contributed by atoms with Gasteiger partial charge in [0, 0.05) is 23.1 Å². The highest BCUT2D eigenvalue weighted by molar-refractivity contribution is 9.10. The van der Waals surface area contributed by atoms with Crippen molar-refractivity contribution in [3.8, 4) is 11.5 Å². The first-order valence-electron chi connectivity index (χ1n) is 9.44. The van der Waals surface area contributed by atoms with Gasteiger partial charge in [0.2, 0.25) is 5.91 Å². The van der Waals surface area contributed by atoms with Crippen LogP contribution in [0, 0.1) is 0 Å². The molecule has 162 valence electrons. The van der Waals surface area contributed by atoms with Crippen molar-refractivity contribution < 1.29 is 19.1 Å². The van der Waals surface area contributed by atoms with Crippen molar-refractivity contribution in [2.24, 2.45) is 0 Å². The number of benzene rings is 2. The van der Waals surface area contributed by atoms with Crippen molar-refractivity contribution in [3.63, 3.8) is 0 Å². The fourth-order valence-corrected chi connectivity index (χ4v) is 4.51. The summed E-state index contributed by atoms with van der Waals surface area (Å²) >= 11 is 9.99. The monoisotopic (exact) mass is 520 g/mol. The van der Waals surface area contributed by atoms with E-state index in [9.17, 15) is 9.59 Å². The molecule has 31 heavy (non-hydrogen) atoms. The number of hydrogen-bond acceptors (Lipinski definition) is 6. The van der Waals surface area contributed by atoms with E-state index in [-0.39, 0.29) is 11.8 Å². The number of carbonyl (C=O) groups is 2. The average molecular weight is 521 g/mol. The lowest BCUT2D eigenvalue weighted by atomic mass is 10.2. The first kappa shape index (κ1) is 23.3. The maximum absolute atomic E-state index is 12.8. The third-order valence-corrected chi connectivity index (χ3v) is 6.40. The minimum Gasteiger partial charge on any atom is -0.493 e. The molecule has 2 aromatic rings. The van der Waals surface area contributed by atoms with Gasteiger partial charge in [-0.05, 0) is 54.5 Å². The maximum Gasteiger partial charge on any atom is 0.266 e. The van der Waals surface area contributed by atoms with Gasteiger partial charge in [-0.2, -0.15) is 0 Å². The predicted molar refractivity (Wildman–Crippen MR) is 131 cm³/mol. The minimum absolute atomic E-state index is 0.103. The Morgan fingerprint density at radius 3 is 2.55 bits per heavy atom. The number of thioether (sulfide) groups is 1. The van der Waals surface area contributed by atoms with Gasteiger partial charge < -0.3 is 14.8 Å². The highest BCUT2D eigenvalue weighted by Gasteiger charge is 2.31. The van der Waals surface area contributed by atoms with Crippen LogP contribution in [0.2, 0.25) is 0 Å². The molecule has 3 rings (SSSR count). The number of carbonyl (C=O) groups excluding carboxylic acids is 2. The van der Waals surface area contributed by atoms with Gasteiger partial charge in [-0.15, -0.1) is 0 Å². The summed E-state index contributed by atoms with van der Waals surface area (Å²) < 4.78 is 12.0. The van der Waals surface area contributed by atoms with Gasteiger partial charge in [-0.3, -0.25) is 14.5 Å². The topological polar surface area (TPSA) is 67.9 Å². The molecule has 2 aromatic carbocycles. The molecule has 0 aromatic heterocycles. The van der Waals surface area contributed by atoms with Gasteiger partial charge in [0.15, 0.2) is 11.5 Å². The van der Waals surface area contributed by atoms with Crippen LogP contribution in [0.5, 0.6) is 11.5 Å². The molecular formula is C22H21BrN2O4S2. The number of hydrogen-bond donors (Lipinski definition) is 1. The normalized spacial score (nSPS) is 14.8. The predicted octanol–water partition coefficient (Wildman–Crippen LogP) is 5.09. The first-order valence-corrected chi connectivity index (χ1v) is 11.5. The summed E-state index contributed by atoms with van der Waals surface area (Å²) in [6.07, 6.45) is 2.59. The molecular weight excluding hydrogens is 500 g/mol. The van der Waals surface area contributed by atoms with Crippen LogP contribution in [-0.2, 0) is 9.59 Å². The van der Waals surface area contributed by atoms with Crippen molar-refractivity contribution in [2.75, 3.05) is 26.1 Å². The van der Waals surface area contributed by atoms with Crippen molar-refractivity contribution >= 4 is 67.8 Å². The SMILES string of the molecule is COc1ccc(C=C2SC(=S)N(CCCC(=O)Nc3ccc(Br)cc3)C2=O)cc1OC. The van der Waals surface area contributed by atoms with Gasteiger partial charge in [-0.1, -0.05) is 46.0 Å². The number of nitrogens with one attached hydrogen (secondary N) is 1. The Balaban J connectivity index is 1.57. The molecule has 0 spiro atoms. The van der Waals surface area contributed by atoms with E-state index >= 15 is 0 Å². The molecule has 0 atom stereocenters. The summed E-state index contributed by atoms with van der Waals surface area (Å²) in [7, 11) is 3.13. The number of anilines is 1. The number of methoxy groups -OCH3 is 2. The molecule has 0 radical (unpaired) electrons. The number of thiocarbonyl (C=S) groups is 1. The van der Waals surface area contributed by atoms with E-state index in [1.807, 2.05) is 30.3 Å². The number of amides is 2. The van der Waals surface area contributed by atoms with Crippen molar-refractivity contribution in [1.29, 1.82) is 0 Å². The van der Waals surface area contributed by atoms with E-state index in [2.05, 4.69) is 21.2 Å². The molecule has 1 heterocycles. The summed E-state index contributed by atoms with van der Waals surface area (Å²) in [4.78, 5) is 27.0. The Hall–Kier alpha value is -2.36. The van der Waals surface area contributed by atoms with Gasteiger partial charge >= 0.3 is 0 Å². The quantitative estimate of drug-likeness (QED) is 0.386. The summed E-state index contributed by atoms with van der Waals surface area (Å²) in [5.41, 5.74) is 1.55. The number of halogens is 1. The molecule has 1 saturated heterocycles. The largest absolute Gasteiger partial charge is 0.493 e. The van der Waals surface area contributed by atoms with Gasteiger partial charge in [0.25, 0.3) is 5.91 Å². The van der Waals surface area contributed by atoms with E-state index in [0.717, 1.165) is 15.7 Å². The molecule has 1 fully saturated rings. The van der Waals surface area contributed by atoms with E-state index in [0.29, 0.717) is 40.1 Å². The summed E-state index contributed by atoms with van der Waals surface area (Å²) in [6.45, 7) is 0.391. The number of ether oxygens (including phenoxy) is 2. The fourth-order valence-electron chi connectivity index (χ4n) is 2.94. The van der Waals surface area contributed by atoms with Crippen molar-refractivity contribution in [1.82, 2.24) is 4.90 Å². The third kappa shape index (κ3) is 6.09. The van der Waals surface area contributed by atoms with Gasteiger partial charge in [-0.25, -0.2) is 0 Å². The smallest absolute Gasteiger partial charge is 0.266 e. The van der Waals surface area contributed by atoms with Crippen LogP contribution in [0.1, 0.15) is 18.4 Å². The van der Waals surface area contributed by atoms with Crippen LogP contribution in [-0.4, -0.2) is 41.8 Å². The molecule has 0 bridgehead atoms. The van der Waals surface area contributed by atoms with Crippen LogP contribution >= 0.6 is 39.9 Å². The Kier molecular flexibility index (Phi) is 8.11. The van der Waals surface area contributed by atoms with Crippen LogP contribution in [0.25, 0.3) is 6.08 Å². The molecule has 1 aliphatic heterocycles. The highest BCUT2D eigenvalue weighted by atomic mass is 79.9. The average Bonchev–Trinajstić information content (AvgIpc) is 3.02. The Morgan fingerprint density at radius 2 is 1.87 bits per heavy atom. The zero-order chi connectivity index (χ0) is 22.4. The summed E-state index contributed by atoms with van der Waals surface area (Å²) in [5.74, 6) is 0.948. The Morgan fingerprint density at radius 1 is 1.16 bits per heavy atom. The standard InChI is InChI=1S/C22H21BrN2O4S2/c1-28-17-10-5-14(12-18(17)29-2)13-19-21(27)25(22(30)31-19)11-3-4-20(26)24-16-8-6-15(23)7-9-16/h5-10,12-13H,3-4,11H2,1-2H3,(H,24,26). The van der Waals surface area contributed by atoms with E-state index in [4.69, 9.17) is 21.7 Å². The molecule has 0 unspecified atom stereocenters. The minimum atomic E-state index is -0.155. The molecule has 1 N–H and O–H groups in total. The molecule has 2 amide bonds. The van der Waals surface area contributed by atoms with Crippen LogP contribution in [0.3, 0.4) is 0 Å². The van der Waals surface area contributed by atoms with Gasteiger partial charge in [0.1, 0.15) is 4.32 Å². The second kappa shape index (κ2) is 10.8. The van der Waals surface area contributed by atoms with Crippen molar-refractivity contribution in [3.05, 3.63) is 57.4 Å². The van der Waals surface area contributed by atoms with Crippen molar-refractivity contribution in [2.45, 2.75) is 12.8 Å². The molecule has 0 saturated carbocycles. The molecule has 6 nitrogen and oxygen atoms in total. The lowest BCUT2D eigenvalue weighted by Crippen LogP contribution is -2.29. The first-order chi connectivity index (χ1) is 14.9. The third-order valence-electron chi connectivity index (χ3n) is 4.49. The maximum atomic E-state index is 12.8. The Bertz CT molecular complexity index is 1020.